The van der Waals surface area contributed by atoms with Crippen molar-refractivity contribution in [2.24, 2.45) is 0 Å². The molecule has 127 heavy (non-hydrogen) atoms. The number of methoxy groups -OCH3 is 8. The molecule has 10 rings (SSSR count). The number of alkyl halides is 3. The highest BCUT2D eigenvalue weighted by molar-refractivity contribution is 5.84. The molecule has 0 aromatic heterocycles. The number of nitrogens with one attached hydrogen (secondary N) is 2. The summed E-state index contributed by atoms with van der Waals surface area (Å²) in [5, 5.41) is 77.3. The molecule has 0 radical (unpaired) electrons. The van der Waals surface area contributed by atoms with Gasteiger partial charge in [-0.2, -0.15) is 10.5 Å². The number of carbonyl (C=O) groups is 4. The smallest absolute Gasteiger partial charge is 0.407 e. The van der Waals surface area contributed by atoms with Gasteiger partial charge < -0.3 is 117 Å². The van der Waals surface area contributed by atoms with Gasteiger partial charge in [-0.05, 0) is 133 Å². The fourth-order valence-electron chi connectivity index (χ4n) is 14.2. The van der Waals surface area contributed by atoms with Crippen molar-refractivity contribution in [2.75, 3.05) is 83.3 Å². The van der Waals surface area contributed by atoms with Crippen LogP contribution in [-0.2, 0) is 102 Å². The number of nitriles is 2. The first kappa shape index (κ1) is 113. The van der Waals surface area contributed by atoms with E-state index in [2.05, 4.69) is 25.1 Å². The molecule has 35 heteroatoms. The molecule has 8 N–H and O–H groups in total. The van der Waals surface area contributed by atoms with Crippen molar-refractivity contribution < 1.29 is 139 Å². The number of rotatable bonds is 30. The fraction of sp³-hybridized carbons (Fsp3) is 0.652. The van der Waals surface area contributed by atoms with Crippen molar-refractivity contribution in [1.29, 1.82) is 10.5 Å². The summed E-state index contributed by atoms with van der Waals surface area (Å²) in [5.74, 6) is 0.982. The van der Waals surface area contributed by atoms with Gasteiger partial charge >= 0.3 is 12.2 Å². The lowest BCUT2D eigenvalue weighted by Gasteiger charge is -2.20. The van der Waals surface area contributed by atoms with Crippen LogP contribution < -0.4 is 20.1 Å². The maximum Gasteiger partial charge on any atom is 0.407 e. The maximum absolute atomic E-state index is 13.1. The van der Waals surface area contributed by atoms with Crippen LogP contribution in [0.1, 0.15) is 171 Å². The number of ketones is 2. The molecule has 6 fully saturated rings. The van der Waals surface area contributed by atoms with Gasteiger partial charge in [-0.3, -0.25) is 9.59 Å². The number of alkyl carbamates (subject to hydrolysis) is 2. The zero-order valence-corrected chi connectivity index (χ0v) is 76.7. The van der Waals surface area contributed by atoms with E-state index in [1.807, 2.05) is 111 Å². The number of aryl methyl sites for hydroxylation is 2. The standard InChI is InChI=1S/2C26H29N3O4.2C7H13FO3.2C7H14O3.C6H11FO3.C6H12O3/c1-6-23(9-10-27)33-26(31)29-18(3)21-12-17(2)11-20(13-21)15-22(30)14-19-7-8-24(28-4)25(16-19)32-5;1-6-22(11-12-27)33-26(31)29-18(3)23-15-19(8-7-17(23)2)13-21(30)14-20-9-10-24(28-4)25(16-20)32-5;1-4-6(8)7(9)5(11-4)3-10-2;1-4-6(8)7(10-2)5(3-9)11-4;1-5-3-6(8)7(10-5)4-9-2;1-5-3-6(9-2)7(4-8)10-5;1-3-4(7)5(8)6(9-2)10-3;1-4-3-5(7)6(8-2)9-4/h7-8,11-13,16,18,23H,6,9,14-15H2,1-3,5H3,(H,29,31);7-10,15-16,18,22H,6,11,13-14H2,1-3,5H3,(H,29,31);2*4-7,9H,3H2,1-2H3;2*5-8H,3-4H2,1-2H3;3-6,8H,1-2H3;4-7H,3H2,1-2H3/t18-,23+;18-,22+;2*4-,5+,6+,7+;2*5-,6-,7+;3-,4+,5-,6-;4-,5-,6-/m00111111/s1. The van der Waals surface area contributed by atoms with Crippen LogP contribution in [0.25, 0.3) is 9.69 Å². The van der Waals surface area contributed by atoms with E-state index in [9.17, 15) is 42.6 Å². The molecule has 6 aliphatic heterocycles. The highest BCUT2D eigenvalue weighted by atomic mass is 19.1. The quantitative estimate of drug-likeness (QED) is 0.0225. The molecule has 25 atom stereocenters. The molecule has 6 aliphatic rings. The highest BCUT2D eigenvalue weighted by Crippen LogP contribution is 2.33. The molecule has 0 saturated carbocycles. The first-order chi connectivity index (χ1) is 60.4. The van der Waals surface area contributed by atoms with Gasteiger partial charge in [0, 0.05) is 87.6 Å². The van der Waals surface area contributed by atoms with Crippen LogP contribution in [0.5, 0.6) is 11.5 Å². The molecule has 0 spiro atoms. The topological polar surface area (TPSA) is 418 Å². The van der Waals surface area contributed by atoms with Crippen molar-refractivity contribution in [1.82, 2.24) is 10.6 Å². The zero-order chi connectivity index (χ0) is 95.3. The van der Waals surface area contributed by atoms with E-state index in [0.29, 0.717) is 48.7 Å². The lowest BCUT2D eigenvalue weighted by molar-refractivity contribution is -0.145. The zero-order valence-electron chi connectivity index (χ0n) is 76.7. The van der Waals surface area contributed by atoms with E-state index in [1.54, 1.807) is 71.4 Å². The monoisotopic (exact) mass is 1800 g/mol. The first-order valence-corrected chi connectivity index (χ1v) is 42.3. The second-order valence-corrected chi connectivity index (χ2v) is 31.4. The fourth-order valence-corrected chi connectivity index (χ4v) is 14.2. The van der Waals surface area contributed by atoms with E-state index < -0.39 is 110 Å². The summed E-state index contributed by atoms with van der Waals surface area (Å²) >= 11 is 0. The van der Waals surface area contributed by atoms with Gasteiger partial charge in [0.1, 0.15) is 84.1 Å². The molecule has 4 aromatic carbocycles. The van der Waals surface area contributed by atoms with E-state index >= 15 is 0 Å². The van der Waals surface area contributed by atoms with E-state index in [1.165, 1.54) is 42.7 Å². The van der Waals surface area contributed by atoms with Crippen LogP contribution in [-0.4, -0.2) is 279 Å². The second-order valence-electron chi connectivity index (χ2n) is 31.4. The molecule has 0 bridgehead atoms. The summed E-state index contributed by atoms with van der Waals surface area (Å²) in [4.78, 5) is 56.6. The molecule has 0 aliphatic carbocycles. The summed E-state index contributed by atoms with van der Waals surface area (Å²) in [6.07, 6.45) is -8.01. The first-order valence-electron chi connectivity index (χ1n) is 42.3. The number of hydrogen-bond donors (Lipinski definition) is 8. The second kappa shape index (κ2) is 59.6. The van der Waals surface area contributed by atoms with Crippen molar-refractivity contribution in [3.05, 3.63) is 140 Å². The van der Waals surface area contributed by atoms with Gasteiger partial charge in [-0.15, -0.1) is 0 Å². The van der Waals surface area contributed by atoms with Crippen LogP contribution in [0.3, 0.4) is 0 Å². The Morgan fingerprint density at radius 3 is 1.35 bits per heavy atom. The number of Topliss-reactive ketones (excluding diaryl/α,β-unsaturated/α-hetero) is 2. The Morgan fingerprint density at radius 1 is 0.512 bits per heavy atom. The third-order valence-electron chi connectivity index (χ3n) is 21.1. The van der Waals surface area contributed by atoms with Gasteiger partial charge in [-0.1, -0.05) is 80.1 Å². The lowest BCUT2D eigenvalue weighted by Crippen LogP contribution is -2.32. The minimum Gasteiger partial charge on any atom is -0.508 e. The van der Waals surface area contributed by atoms with E-state index in [0.717, 1.165) is 57.3 Å². The molecule has 4 aromatic rings. The number of benzene rings is 4. The molecule has 0 unspecified atom stereocenters. The molecule has 2 amide bonds. The predicted octanol–water partition coefficient (Wildman–Crippen LogP) is 11.6. The van der Waals surface area contributed by atoms with Gasteiger partial charge in [0.2, 0.25) is 11.4 Å². The van der Waals surface area contributed by atoms with Gasteiger partial charge in [-0.25, -0.2) is 32.5 Å². The van der Waals surface area contributed by atoms with Crippen LogP contribution in [0.4, 0.5) is 34.1 Å². The summed E-state index contributed by atoms with van der Waals surface area (Å²) < 4.78 is 120. The summed E-state index contributed by atoms with van der Waals surface area (Å²) in [7, 11) is 12.1. The average molecular weight is 1800 g/mol. The van der Waals surface area contributed by atoms with E-state index in [-0.39, 0.29) is 125 Å². The Labute approximate surface area is 745 Å². The number of hydrogen-bond acceptors (Lipinski definition) is 28. The van der Waals surface area contributed by atoms with Gasteiger partial charge in [0.15, 0.2) is 31.1 Å². The largest absolute Gasteiger partial charge is 0.508 e. The summed E-state index contributed by atoms with van der Waals surface area (Å²) in [5.41, 5.74) is 7.85. The Hall–Kier alpha value is -8.61. The Morgan fingerprint density at radius 2 is 0.961 bits per heavy atom. The molecule has 32 nitrogen and oxygen atoms in total. The Balaban J connectivity index is 0.000000402. The van der Waals surface area contributed by atoms with Crippen molar-refractivity contribution in [3.8, 4) is 23.6 Å². The van der Waals surface area contributed by atoms with Crippen LogP contribution in [0, 0.1) is 49.7 Å². The predicted molar refractivity (Wildman–Crippen MR) is 462 cm³/mol. The normalized spacial score (nSPS) is 27.3. The maximum atomic E-state index is 13.1. The van der Waals surface area contributed by atoms with Crippen LogP contribution in [0.15, 0.2) is 72.8 Å². The molecule has 710 valence electrons. The Bertz CT molecular complexity index is 4080. The number of nitrogens with zero attached hydrogens (tertiary/aromatic N) is 4. The van der Waals surface area contributed by atoms with Crippen LogP contribution in [0.2, 0.25) is 0 Å². The van der Waals surface area contributed by atoms with Crippen molar-refractivity contribution in [3.63, 3.8) is 0 Å². The third kappa shape index (κ3) is 38.2. The number of aliphatic hydroxyl groups is 6. The molecular formula is C92H135F3N6O26. The van der Waals surface area contributed by atoms with E-state index in [4.69, 9.17) is 115 Å². The third-order valence-corrected chi connectivity index (χ3v) is 21.1. The average Bonchev–Trinajstić information content (AvgIpc) is 1.84. The highest BCUT2D eigenvalue weighted by Gasteiger charge is 2.44. The van der Waals surface area contributed by atoms with Crippen molar-refractivity contribution >= 4 is 35.1 Å². The number of aliphatic hydroxyl groups excluding tert-OH is 6. The molecule has 6 heterocycles. The van der Waals surface area contributed by atoms with Crippen molar-refractivity contribution in [2.45, 2.75) is 307 Å². The lowest BCUT2D eigenvalue weighted by atomic mass is 9.96. The van der Waals surface area contributed by atoms with Gasteiger partial charge in [0.05, 0.1) is 140 Å². The summed E-state index contributed by atoms with van der Waals surface area (Å²) in [6, 6.07) is 25.3. The minimum atomic E-state index is -1.33. The molecule has 6 saturated heterocycles. The molecular weight excluding hydrogens is 1660 g/mol. The number of ether oxygens (including phenoxy) is 16. The number of carbonyl (C=O) groups excluding carboxylic acids is 4. The minimum absolute atomic E-state index is 0.0322. The summed E-state index contributed by atoms with van der Waals surface area (Å²) in [6.45, 7) is 36.9. The number of amides is 2. The number of halogens is 3. The Kier molecular flexibility index (Phi) is 52.8. The van der Waals surface area contributed by atoms with Gasteiger partial charge in [0.25, 0.3) is 0 Å². The van der Waals surface area contributed by atoms with Crippen LogP contribution >= 0.6 is 0 Å². The SMILES string of the molecule is COC[C@@H]1O[C@H](C)C[C@H]1O.COC[C@@H]1O[C@H](C)[C@H](F)[C@H]1O.CO[C@@H]1C[C@@H](C)O[C@H]1CO.CO[C@@H]1O[C@H](C)C[C@H]1O.CO[C@@H]1O[C@H](C)[C@H](F)[C@H]1O.CO[C@@H]1[C@@H](F)[C@@H](C)O[C@H]1CO.[C-]#[N+]c1ccc(CC(=O)Cc2cc(C)cc([C@H](C)NC(=O)O[C@H](CC)CC#N)c2)cc1OC.[C-]#[N+]c1ccc(CC(=O)Cc2ccc(C)c([C@H](C)NC(=O)O[C@H](CC)CC#N)c2)cc1OC.